The van der Waals surface area contributed by atoms with Crippen LogP contribution in [-0.2, 0) is 17.9 Å². The molecule has 134 valence electrons. The van der Waals surface area contributed by atoms with E-state index in [0.717, 1.165) is 18.7 Å². The van der Waals surface area contributed by atoms with E-state index in [9.17, 15) is 14.3 Å². The summed E-state index contributed by atoms with van der Waals surface area (Å²) in [6.45, 7) is 2.88. The van der Waals surface area contributed by atoms with Gasteiger partial charge in [0.1, 0.15) is 5.82 Å². The normalized spacial score (nSPS) is 21.1. The maximum atomic E-state index is 13.2. The van der Waals surface area contributed by atoms with E-state index in [1.807, 2.05) is 14.1 Å². The Balaban J connectivity index is 1.70. The maximum Gasteiger partial charge on any atom is 0.308 e. The van der Waals surface area contributed by atoms with Crippen molar-refractivity contribution in [1.82, 2.24) is 9.80 Å². The zero-order chi connectivity index (χ0) is 18.0. The number of carboxylic acid groups (broad SMARTS) is 1. The number of hydrogen-bond acceptors (Lipinski definition) is 4. The van der Waals surface area contributed by atoms with Crippen LogP contribution >= 0.6 is 11.3 Å². The second kappa shape index (κ2) is 7.64. The van der Waals surface area contributed by atoms with E-state index >= 15 is 0 Å². The molecule has 0 saturated carbocycles. The Morgan fingerprint density at radius 1 is 1.32 bits per heavy atom. The molecule has 2 heterocycles. The van der Waals surface area contributed by atoms with E-state index in [0.29, 0.717) is 13.1 Å². The number of thiophene rings is 1. The van der Waals surface area contributed by atoms with Gasteiger partial charge in [0.2, 0.25) is 0 Å². The molecular formula is C19H23FN2O2S. The fourth-order valence-corrected chi connectivity index (χ4v) is 4.41. The van der Waals surface area contributed by atoms with Crippen molar-refractivity contribution in [2.24, 2.45) is 5.92 Å². The van der Waals surface area contributed by atoms with Crippen LogP contribution in [-0.4, -0.2) is 48.1 Å². The first-order valence-electron chi connectivity index (χ1n) is 8.34. The number of rotatable bonds is 6. The lowest BCUT2D eigenvalue weighted by Gasteiger charge is -2.15. The smallest absolute Gasteiger partial charge is 0.308 e. The lowest BCUT2D eigenvalue weighted by molar-refractivity contribution is -0.141. The second-order valence-electron chi connectivity index (χ2n) is 6.96. The average molecular weight is 362 g/mol. The minimum absolute atomic E-state index is 0.0979. The molecule has 2 atom stereocenters. The van der Waals surface area contributed by atoms with Crippen LogP contribution in [0.3, 0.4) is 0 Å². The zero-order valence-electron chi connectivity index (χ0n) is 14.5. The predicted molar refractivity (Wildman–Crippen MR) is 97.3 cm³/mol. The molecule has 0 unspecified atom stereocenters. The number of carboxylic acids is 1. The average Bonchev–Trinajstić information content (AvgIpc) is 3.15. The minimum Gasteiger partial charge on any atom is -0.481 e. The van der Waals surface area contributed by atoms with Crippen LogP contribution in [0.1, 0.15) is 21.9 Å². The Morgan fingerprint density at radius 2 is 2.04 bits per heavy atom. The molecule has 0 bridgehead atoms. The van der Waals surface area contributed by atoms with E-state index in [-0.39, 0.29) is 11.7 Å². The number of nitrogens with zero attached hydrogens (tertiary/aromatic N) is 2. The third-order valence-electron chi connectivity index (χ3n) is 4.60. The Bertz CT molecular complexity index is 729. The summed E-state index contributed by atoms with van der Waals surface area (Å²) in [6, 6.07) is 8.43. The van der Waals surface area contributed by atoms with Crippen LogP contribution in [0.2, 0.25) is 0 Å². The van der Waals surface area contributed by atoms with Gasteiger partial charge >= 0.3 is 5.97 Å². The van der Waals surface area contributed by atoms with Gasteiger partial charge in [0.15, 0.2) is 0 Å². The van der Waals surface area contributed by atoms with Crippen molar-refractivity contribution in [1.29, 1.82) is 0 Å². The van der Waals surface area contributed by atoms with Crippen LogP contribution in [0.25, 0.3) is 0 Å². The fraction of sp³-hybridized carbons (Fsp3) is 0.421. The van der Waals surface area contributed by atoms with Crippen molar-refractivity contribution in [2.75, 3.05) is 27.2 Å². The molecule has 1 saturated heterocycles. The lowest BCUT2D eigenvalue weighted by Crippen LogP contribution is -2.23. The van der Waals surface area contributed by atoms with Crippen molar-refractivity contribution >= 4 is 17.3 Å². The van der Waals surface area contributed by atoms with Gasteiger partial charge in [0, 0.05) is 37.0 Å². The van der Waals surface area contributed by atoms with Crippen molar-refractivity contribution in [3.05, 3.63) is 57.5 Å². The van der Waals surface area contributed by atoms with E-state index in [1.54, 1.807) is 23.5 Å². The Labute approximate surface area is 151 Å². The standard InChI is InChI=1S/C19H23FN2O2S/c1-21(2)8-13-7-16(25-12-13)9-22-10-17(18(11-22)19(23)24)14-3-5-15(20)6-4-14/h3-7,12,17-18H,8-11H2,1-2H3,(H,23,24)/t17-,18+/m1/s1. The molecule has 1 aromatic carbocycles. The van der Waals surface area contributed by atoms with Gasteiger partial charge in [-0.15, -0.1) is 11.3 Å². The summed E-state index contributed by atoms with van der Waals surface area (Å²) in [5, 5.41) is 11.7. The highest BCUT2D eigenvalue weighted by molar-refractivity contribution is 7.10. The number of likely N-dealkylation sites (tertiary alicyclic amines) is 1. The largest absolute Gasteiger partial charge is 0.481 e. The highest BCUT2D eigenvalue weighted by atomic mass is 32.1. The first-order valence-corrected chi connectivity index (χ1v) is 9.22. The van der Waals surface area contributed by atoms with Crippen molar-refractivity contribution in [3.63, 3.8) is 0 Å². The SMILES string of the molecule is CN(C)Cc1csc(CN2C[C@H](C(=O)O)[C@@H](c3ccc(F)cc3)C2)c1. The first kappa shape index (κ1) is 18.0. The quantitative estimate of drug-likeness (QED) is 0.857. The van der Waals surface area contributed by atoms with Gasteiger partial charge in [-0.2, -0.15) is 0 Å². The molecule has 0 aliphatic carbocycles. The molecule has 0 spiro atoms. The summed E-state index contributed by atoms with van der Waals surface area (Å²) in [5.41, 5.74) is 2.19. The van der Waals surface area contributed by atoms with Crippen molar-refractivity contribution in [3.8, 4) is 0 Å². The summed E-state index contributed by atoms with van der Waals surface area (Å²) in [5.74, 6) is -1.63. The summed E-state index contributed by atoms with van der Waals surface area (Å²) in [4.78, 5) is 17.2. The summed E-state index contributed by atoms with van der Waals surface area (Å²) in [6.07, 6.45) is 0. The molecule has 1 N–H and O–H groups in total. The molecule has 3 rings (SSSR count). The number of aliphatic carboxylic acids is 1. The lowest BCUT2D eigenvalue weighted by atomic mass is 9.89. The number of halogens is 1. The molecular weight excluding hydrogens is 339 g/mol. The van der Waals surface area contributed by atoms with E-state index in [1.165, 1.54) is 22.6 Å². The van der Waals surface area contributed by atoms with Gasteiger partial charge in [0.25, 0.3) is 0 Å². The molecule has 25 heavy (non-hydrogen) atoms. The molecule has 1 fully saturated rings. The molecule has 1 aliphatic rings. The molecule has 0 amide bonds. The molecule has 1 aliphatic heterocycles. The Morgan fingerprint density at radius 3 is 2.68 bits per heavy atom. The molecule has 4 nitrogen and oxygen atoms in total. The molecule has 2 aromatic rings. The second-order valence-corrected chi connectivity index (χ2v) is 7.95. The fourth-order valence-electron chi connectivity index (χ4n) is 3.49. The van der Waals surface area contributed by atoms with Gasteiger partial charge in [0.05, 0.1) is 5.92 Å². The van der Waals surface area contributed by atoms with E-state index in [4.69, 9.17) is 0 Å². The van der Waals surface area contributed by atoms with Gasteiger partial charge < -0.3 is 10.0 Å². The van der Waals surface area contributed by atoms with Crippen LogP contribution in [0.5, 0.6) is 0 Å². The summed E-state index contributed by atoms with van der Waals surface area (Å²) >= 11 is 1.72. The van der Waals surface area contributed by atoms with Gasteiger partial charge in [-0.25, -0.2) is 4.39 Å². The Kier molecular flexibility index (Phi) is 5.51. The third-order valence-corrected chi connectivity index (χ3v) is 5.57. The summed E-state index contributed by atoms with van der Waals surface area (Å²) in [7, 11) is 4.09. The van der Waals surface area contributed by atoms with E-state index < -0.39 is 11.9 Å². The first-order chi connectivity index (χ1) is 11.9. The molecule has 0 radical (unpaired) electrons. The third kappa shape index (κ3) is 4.45. The number of benzene rings is 1. The van der Waals surface area contributed by atoms with Gasteiger partial charge in [-0.3, -0.25) is 9.69 Å². The topological polar surface area (TPSA) is 43.8 Å². The zero-order valence-corrected chi connectivity index (χ0v) is 15.3. The highest BCUT2D eigenvalue weighted by Gasteiger charge is 2.38. The monoisotopic (exact) mass is 362 g/mol. The van der Waals surface area contributed by atoms with Gasteiger partial charge in [-0.05, 0) is 48.8 Å². The number of carbonyl (C=O) groups is 1. The predicted octanol–water partition coefficient (Wildman–Crippen LogP) is 3.25. The number of hydrogen-bond donors (Lipinski definition) is 1. The van der Waals surface area contributed by atoms with E-state index in [2.05, 4.69) is 21.2 Å². The Hall–Kier alpha value is -1.76. The maximum absolute atomic E-state index is 13.2. The van der Waals surface area contributed by atoms with Crippen LogP contribution < -0.4 is 0 Å². The van der Waals surface area contributed by atoms with Crippen LogP contribution in [0, 0.1) is 11.7 Å². The highest BCUT2D eigenvalue weighted by Crippen LogP contribution is 2.34. The molecule has 1 aromatic heterocycles. The van der Waals surface area contributed by atoms with Crippen LogP contribution in [0.4, 0.5) is 4.39 Å². The molecule has 6 heteroatoms. The van der Waals surface area contributed by atoms with Crippen molar-refractivity contribution in [2.45, 2.75) is 19.0 Å². The summed E-state index contributed by atoms with van der Waals surface area (Å²) < 4.78 is 13.2. The van der Waals surface area contributed by atoms with Crippen LogP contribution in [0.15, 0.2) is 35.7 Å². The minimum atomic E-state index is -0.781. The van der Waals surface area contributed by atoms with Gasteiger partial charge in [-0.1, -0.05) is 12.1 Å². The van der Waals surface area contributed by atoms with Crippen molar-refractivity contribution < 1.29 is 14.3 Å².